The number of rotatable bonds is 13. The number of halogens is 1. The maximum absolute atomic E-state index is 10.4. The molecule has 56 heavy (non-hydrogen) atoms. The molecule has 6 aromatic rings. The first kappa shape index (κ1) is 39.0. The van der Waals surface area contributed by atoms with Gasteiger partial charge in [0.15, 0.2) is 11.0 Å². The molecule has 7 nitrogen and oxygen atoms in total. The van der Waals surface area contributed by atoms with E-state index in [0.29, 0.717) is 28.9 Å². The van der Waals surface area contributed by atoms with E-state index >= 15 is 0 Å². The lowest BCUT2D eigenvalue weighted by Gasteiger charge is -2.32. The van der Waals surface area contributed by atoms with Gasteiger partial charge >= 0.3 is 0 Å². The molecule has 1 atom stereocenters. The zero-order valence-corrected chi connectivity index (χ0v) is 32.9. The van der Waals surface area contributed by atoms with Crippen LogP contribution in [0.3, 0.4) is 0 Å². The van der Waals surface area contributed by atoms with Crippen LogP contribution < -0.4 is 5.73 Å². The zero-order valence-electron chi connectivity index (χ0n) is 32.1. The second kappa shape index (κ2) is 17.7. The van der Waals surface area contributed by atoms with Crippen molar-refractivity contribution >= 4 is 17.4 Å². The average molecular weight is 763 g/mol. The highest BCUT2D eigenvalue weighted by Gasteiger charge is 2.33. The molecule has 5 N–H and O–H groups in total. The summed E-state index contributed by atoms with van der Waals surface area (Å²) in [7, 11) is 0. The Kier molecular flexibility index (Phi) is 12.4. The van der Waals surface area contributed by atoms with Gasteiger partial charge in [-0.3, -0.25) is 5.41 Å². The average Bonchev–Trinajstić information content (AvgIpc) is 3.38. The van der Waals surface area contributed by atoms with Crippen molar-refractivity contribution in [3.05, 3.63) is 171 Å². The Bertz CT molecular complexity index is 2290. The van der Waals surface area contributed by atoms with E-state index in [1.54, 1.807) is 0 Å². The van der Waals surface area contributed by atoms with Crippen LogP contribution >= 0.6 is 11.6 Å². The van der Waals surface area contributed by atoms with E-state index in [0.717, 1.165) is 69.6 Å². The minimum absolute atomic E-state index is 0.102. The first-order valence-electron chi connectivity index (χ1n) is 19.9. The van der Waals surface area contributed by atoms with Crippen LogP contribution in [-0.4, -0.2) is 20.5 Å². The molecule has 0 bridgehead atoms. The van der Waals surface area contributed by atoms with Crippen LogP contribution in [0.5, 0.6) is 0 Å². The lowest BCUT2D eigenvalue weighted by Crippen LogP contribution is -2.39. The number of nitrogens with two attached hydrogens (primary N) is 1. The second-order valence-corrected chi connectivity index (χ2v) is 15.4. The van der Waals surface area contributed by atoms with Gasteiger partial charge in [0.2, 0.25) is 0 Å². The maximum atomic E-state index is 10.4. The SMILES string of the molecule is CCCCc1nc(Cl)c(CO)n1Cc1ccc(-c2ccccc2C(=N)N=N)cc1-c1cccc(C(N)(c2ccccc2)c2ccc(C3CCCCCC3)cc2)c1. The highest BCUT2D eigenvalue weighted by molar-refractivity contribution is 6.30. The van der Waals surface area contributed by atoms with Gasteiger partial charge in [0.05, 0.1) is 17.8 Å². The van der Waals surface area contributed by atoms with Crippen LogP contribution in [0.15, 0.2) is 126 Å². The maximum Gasteiger partial charge on any atom is 0.174 e. The molecule has 1 aliphatic rings. The second-order valence-electron chi connectivity index (χ2n) is 15.1. The number of hydrogen-bond acceptors (Lipinski definition) is 5. The number of imidazole rings is 1. The molecule has 0 aliphatic heterocycles. The number of aromatic nitrogens is 2. The summed E-state index contributed by atoms with van der Waals surface area (Å²) < 4.78 is 2.05. The monoisotopic (exact) mass is 762 g/mol. The summed E-state index contributed by atoms with van der Waals surface area (Å²) in [5.74, 6) is 1.33. The molecule has 0 radical (unpaired) electrons. The van der Waals surface area contributed by atoms with Gasteiger partial charge < -0.3 is 15.4 Å². The van der Waals surface area contributed by atoms with Gasteiger partial charge in [0, 0.05) is 18.5 Å². The Hall–Kier alpha value is -5.21. The van der Waals surface area contributed by atoms with E-state index in [4.69, 9.17) is 28.3 Å². The Morgan fingerprint density at radius 1 is 0.821 bits per heavy atom. The van der Waals surface area contributed by atoms with Gasteiger partial charge in [-0.15, -0.1) is 5.11 Å². The summed E-state index contributed by atoms with van der Waals surface area (Å²) in [4.78, 5) is 4.68. The fraction of sp³-hybridized carbons (Fsp3) is 0.292. The van der Waals surface area contributed by atoms with Crippen molar-refractivity contribution < 1.29 is 5.11 Å². The molecule has 0 saturated heterocycles. The predicted octanol–water partition coefficient (Wildman–Crippen LogP) is 11.8. The van der Waals surface area contributed by atoms with Gasteiger partial charge in [-0.2, -0.15) is 0 Å². The summed E-state index contributed by atoms with van der Waals surface area (Å²) in [5, 5.41) is 22.7. The third-order valence-corrected chi connectivity index (χ3v) is 11.9. The number of aliphatic hydroxyl groups is 1. The summed E-state index contributed by atoms with van der Waals surface area (Å²) in [6, 6.07) is 41.8. The number of nitrogens with one attached hydrogen (secondary N) is 2. The third-order valence-electron chi connectivity index (χ3n) is 11.6. The van der Waals surface area contributed by atoms with Crippen molar-refractivity contribution in [1.82, 2.24) is 9.55 Å². The Labute approximate surface area is 335 Å². The van der Waals surface area contributed by atoms with E-state index in [9.17, 15) is 5.11 Å². The van der Waals surface area contributed by atoms with Crippen molar-refractivity contribution in [2.24, 2.45) is 10.8 Å². The number of hydrogen-bond donors (Lipinski definition) is 4. The highest BCUT2D eigenvalue weighted by Crippen LogP contribution is 2.40. The van der Waals surface area contributed by atoms with Crippen LogP contribution in [-0.2, 0) is 25.1 Å². The Morgan fingerprint density at radius 2 is 1.50 bits per heavy atom. The Morgan fingerprint density at radius 3 is 2.21 bits per heavy atom. The van der Waals surface area contributed by atoms with Crippen molar-refractivity contribution in [3.8, 4) is 22.3 Å². The lowest BCUT2D eigenvalue weighted by molar-refractivity contribution is 0.271. The van der Waals surface area contributed by atoms with Crippen LogP contribution in [0.25, 0.3) is 22.3 Å². The zero-order chi connectivity index (χ0) is 39.1. The van der Waals surface area contributed by atoms with Gasteiger partial charge in [-0.05, 0) is 87.4 Å². The van der Waals surface area contributed by atoms with Crippen molar-refractivity contribution in [1.29, 1.82) is 10.9 Å². The van der Waals surface area contributed by atoms with Crippen LogP contribution in [0.1, 0.15) is 109 Å². The van der Waals surface area contributed by atoms with Gasteiger partial charge in [-0.25, -0.2) is 10.5 Å². The smallest absolute Gasteiger partial charge is 0.174 e. The predicted molar refractivity (Wildman–Crippen MR) is 228 cm³/mol. The number of aryl methyl sites for hydroxylation is 1. The molecule has 286 valence electrons. The molecular weight excluding hydrogens is 712 g/mol. The molecule has 5 aromatic carbocycles. The molecule has 1 heterocycles. The summed E-state index contributed by atoms with van der Waals surface area (Å²) in [5.41, 5.74) is 24.6. The molecule has 7 rings (SSSR count). The molecule has 1 fully saturated rings. The molecular formula is C48H51ClN6O. The summed E-state index contributed by atoms with van der Waals surface area (Å²) >= 11 is 6.62. The summed E-state index contributed by atoms with van der Waals surface area (Å²) in [6.45, 7) is 2.37. The number of amidine groups is 1. The quantitative estimate of drug-likeness (QED) is 0.0308. The molecule has 1 saturated carbocycles. The number of nitrogens with zero attached hydrogens (tertiary/aromatic N) is 3. The van der Waals surface area contributed by atoms with E-state index in [1.165, 1.54) is 44.1 Å². The van der Waals surface area contributed by atoms with Gasteiger partial charge in [0.1, 0.15) is 5.82 Å². The molecule has 1 unspecified atom stereocenters. The molecule has 8 heteroatoms. The van der Waals surface area contributed by atoms with Crippen LogP contribution in [0.4, 0.5) is 0 Å². The largest absolute Gasteiger partial charge is 0.390 e. The number of aliphatic hydroxyl groups excluding tert-OH is 1. The lowest BCUT2D eigenvalue weighted by atomic mass is 9.76. The van der Waals surface area contributed by atoms with Gasteiger partial charge in [0.25, 0.3) is 0 Å². The molecule has 1 aliphatic carbocycles. The van der Waals surface area contributed by atoms with E-state index in [2.05, 4.69) is 100 Å². The molecule has 0 spiro atoms. The van der Waals surface area contributed by atoms with E-state index < -0.39 is 5.54 Å². The Balaban J connectivity index is 1.38. The molecule has 0 amide bonds. The normalized spacial score (nSPS) is 14.6. The van der Waals surface area contributed by atoms with E-state index in [1.807, 2.05) is 42.5 Å². The van der Waals surface area contributed by atoms with Crippen molar-refractivity contribution in [3.63, 3.8) is 0 Å². The standard InChI is InChI=1S/C48H51ClN6O/c1-2-3-22-45-53-46(49)44(32-56)55(45)31-37-24-23-36(41-20-11-12-21-42(41)47(50)54-52)30-43(37)35-16-13-19-40(29-35)48(51,38-17-9-6-10-18-38)39-27-25-34(26-28-39)33-14-7-4-5-8-15-33/h6,9-13,16-21,23-30,33,50,52,56H,2-5,7-8,14-15,22,31-32,51H2,1H3. The van der Waals surface area contributed by atoms with Crippen LogP contribution in [0, 0.1) is 10.9 Å². The van der Waals surface area contributed by atoms with Crippen LogP contribution in [0.2, 0.25) is 5.15 Å². The highest BCUT2D eigenvalue weighted by atomic mass is 35.5. The van der Waals surface area contributed by atoms with Crippen molar-refractivity contribution in [2.75, 3.05) is 0 Å². The first-order valence-corrected chi connectivity index (χ1v) is 20.3. The number of unbranched alkanes of at least 4 members (excludes halogenated alkanes) is 1. The molecule has 1 aromatic heterocycles. The van der Waals surface area contributed by atoms with Crippen molar-refractivity contribution in [2.45, 2.75) is 89.3 Å². The minimum Gasteiger partial charge on any atom is -0.390 e. The first-order chi connectivity index (χ1) is 27.3. The fourth-order valence-corrected chi connectivity index (χ4v) is 8.71. The topological polar surface area (TPSA) is 124 Å². The summed E-state index contributed by atoms with van der Waals surface area (Å²) in [6.07, 6.45) is 10.4. The third kappa shape index (κ3) is 8.03. The minimum atomic E-state index is -0.941. The fourth-order valence-electron chi connectivity index (χ4n) is 8.45. The number of benzene rings is 5. The van der Waals surface area contributed by atoms with E-state index in [-0.39, 0.29) is 12.4 Å². The van der Waals surface area contributed by atoms with Gasteiger partial charge in [-0.1, -0.05) is 160 Å².